The molecule has 0 radical (unpaired) electrons. The molecule has 0 aliphatic rings. The lowest BCUT2D eigenvalue weighted by Crippen LogP contribution is -1.48. The Balaban J connectivity index is 0. The topological polar surface area (TPSA) is 72.8 Å². The van der Waals surface area contributed by atoms with Crippen molar-refractivity contribution in [3.05, 3.63) is 11.1 Å². The van der Waals surface area contributed by atoms with Gasteiger partial charge in [0.2, 0.25) is 6.72 Å². The van der Waals surface area contributed by atoms with Crippen molar-refractivity contribution in [2.45, 2.75) is 6.92 Å². The van der Waals surface area contributed by atoms with E-state index in [9.17, 15) is 0 Å². The van der Waals surface area contributed by atoms with E-state index in [1.807, 2.05) is 0 Å². The molecule has 4 nitrogen and oxygen atoms in total. The first kappa shape index (κ1) is 9.23. The van der Waals surface area contributed by atoms with Gasteiger partial charge >= 0.3 is 0 Å². The van der Waals surface area contributed by atoms with Crippen LogP contribution in [0.1, 0.15) is 6.92 Å². The Morgan fingerprint density at radius 2 is 1.71 bits per heavy atom. The molecule has 0 N–H and O–H groups in total. The number of hydrogen-bond acceptors (Lipinski definition) is 0. The van der Waals surface area contributed by atoms with Crippen molar-refractivity contribution in [2.75, 3.05) is 0 Å². The van der Waals surface area contributed by atoms with Crippen LogP contribution in [0.3, 0.4) is 0 Å². The molecule has 0 amide bonds. The molecule has 0 aromatic rings. The lowest BCUT2D eigenvalue weighted by molar-refractivity contribution is 0.00295. The first-order valence-corrected chi connectivity index (χ1v) is 1.55. The largest absolute Gasteiger partial charge is 0.362 e. The van der Waals surface area contributed by atoms with Gasteiger partial charge in [-0.25, -0.2) is 0 Å². The van der Waals surface area contributed by atoms with E-state index in [1.165, 1.54) is 6.21 Å². The molecule has 0 atom stereocenters. The average Bonchev–Trinajstić information content (AvgIpc) is 1.69. The molecule has 0 unspecified atom stereocenters. The lowest BCUT2D eigenvalue weighted by Gasteiger charge is -1.31. The summed E-state index contributed by atoms with van der Waals surface area (Å²) in [5.74, 6) is 0. The lowest BCUT2D eigenvalue weighted by atomic mass is 10.9. The summed E-state index contributed by atoms with van der Waals surface area (Å²) in [7, 11) is 0. The second kappa shape index (κ2) is 21.7. The van der Waals surface area contributed by atoms with Gasteiger partial charge in [0.05, 0.1) is 0 Å². The zero-order valence-corrected chi connectivity index (χ0v) is 4.07. The highest BCUT2D eigenvalue weighted by Crippen LogP contribution is 1.19. The Kier molecular flexibility index (Phi) is 28.6. The number of hydrogen-bond donors (Lipinski definition) is 0. The van der Waals surface area contributed by atoms with Crippen LogP contribution in [0.5, 0.6) is 0 Å². The summed E-state index contributed by atoms with van der Waals surface area (Å²) in [4.78, 5) is 4.86. The molecule has 0 aliphatic heterocycles. The van der Waals surface area contributed by atoms with Crippen molar-refractivity contribution in [3.8, 4) is 0 Å². The zero-order valence-electron chi connectivity index (χ0n) is 4.07. The van der Waals surface area contributed by atoms with Crippen LogP contribution >= 0.6 is 0 Å². The van der Waals surface area contributed by atoms with Crippen molar-refractivity contribution in [3.63, 3.8) is 0 Å². The Morgan fingerprint density at radius 3 is 1.71 bits per heavy atom. The van der Waals surface area contributed by atoms with Gasteiger partial charge in [0, 0.05) is 6.92 Å². The summed E-state index contributed by atoms with van der Waals surface area (Å²) in [5, 5.41) is 0. The molecular weight excluding hydrogens is 92.1 g/mol. The molecule has 0 spiro atoms. The predicted molar refractivity (Wildman–Crippen MR) is 26.1 cm³/mol. The fraction of sp³-hybridized carbons (Fsp3) is 0.333. The van der Waals surface area contributed by atoms with Gasteiger partial charge in [0.1, 0.15) is 0 Å². The molecule has 0 saturated heterocycles. The quantitative estimate of drug-likeness (QED) is 0.236. The Morgan fingerprint density at radius 1 is 1.57 bits per heavy atom. The molecule has 38 valence electrons. The maximum Gasteiger partial charge on any atom is 0.254 e. The van der Waals surface area contributed by atoms with Crippen LogP contribution in [0.25, 0.3) is 11.1 Å². The van der Waals surface area contributed by atoms with E-state index >= 15 is 0 Å². The van der Waals surface area contributed by atoms with Crippen LogP contribution in [0.4, 0.5) is 0 Å². The van der Waals surface area contributed by atoms with Crippen LogP contribution in [-0.2, 0) is 0 Å². The molecule has 0 bridgehead atoms. The molecule has 0 aliphatic carbocycles. The van der Waals surface area contributed by atoms with Gasteiger partial charge in [-0.3, -0.25) is 0 Å². The normalized spacial score (nSPS) is 3.57. The van der Waals surface area contributed by atoms with Gasteiger partial charge in [-0.1, -0.05) is 0 Å². The molecule has 0 saturated carbocycles. The highest BCUT2D eigenvalue weighted by atomic mass is 14.8. The summed E-state index contributed by atoms with van der Waals surface area (Å²) in [6.45, 7) is 4.31. The van der Waals surface area contributed by atoms with Gasteiger partial charge in [0.15, 0.2) is 0 Å². The minimum atomic E-state index is 1.31. The monoisotopic (exact) mass is 98.1 g/mol. The van der Waals surface area contributed by atoms with E-state index in [0.29, 0.717) is 0 Å². The highest BCUT2D eigenvalue weighted by Gasteiger charge is 1.38. The predicted octanol–water partition coefficient (Wildman–Crippen LogP) is 0.224. The number of rotatable bonds is 0. The van der Waals surface area contributed by atoms with Crippen molar-refractivity contribution in [1.82, 2.24) is 0 Å². The van der Waals surface area contributed by atoms with Crippen molar-refractivity contribution >= 4 is 12.9 Å². The Hall–Kier alpha value is -1.24. The summed E-state index contributed by atoms with van der Waals surface area (Å²) >= 11 is 0. The van der Waals surface area contributed by atoms with Crippen molar-refractivity contribution < 1.29 is 9.58 Å². The second-order valence-electron chi connectivity index (χ2n) is 0.515. The summed E-state index contributed by atoms with van der Waals surface area (Å²) < 4.78 is 0. The van der Waals surface area contributed by atoms with E-state index in [4.69, 9.17) is 11.1 Å². The van der Waals surface area contributed by atoms with Gasteiger partial charge in [-0.15, -0.1) is 0 Å². The van der Waals surface area contributed by atoms with E-state index in [0.717, 1.165) is 0 Å². The summed E-state index contributed by atoms with van der Waals surface area (Å²) in [6.07, 6.45) is 1.31. The summed E-state index contributed by atoms with van der Waals surface area (Å²) in [6, 6.07) is 0. The van der Waals surface area contributed by atoms with Crippen molar-refractivity contribution in [2.24, 2.45) is 0 Å². The molecule has 0 aromatic carbocycles. The molecule has 7 heavy (non-hydrogen) atoms. The van der Waals surface area contributed by atoms with E-state index in [-0.39, 0.29) is 0 Å². The van der Waals surface area contributed by atoms with Crippen LogP contribution < -0.4 is 0 Å². The third-order valence-electron chi connectivity index (χ3n) is 0.115. The van der Waals surface area contributed by atoms with E-state index in [2.05, 4.69) is 16.3 Å². The molecule has 4 heteroatoms. The fourth-order valence-electron chi connectivity index (χ4n) is 0. The van der Waals surface area contributed by atoms with Gasteiger partial charge in [0.25, 0.3) is 6.21 Å². The first-order valence-electron chi connectivity index (χ1n) is 1.55. The second-order valence-corrected chi connectivity index (χ2v) is 0.515. The molecule has 0 fully saturated rings. The summed E-state index contributed by atoms with van der Waals surface area (Å²) in [5.41, 5.74) is 14.5. The maximum absolute atomic E-state index is 7.44. The van der Waals surface area contributed by atoms with Gasteiger partial charge in [-0.2, -0.15) is 9.58 Å². The van der Waals surface area contributed by atoms with Crippen LogP contribution in [0, 0.1) is 0 Å². The van der Waals surface area contributed by atoms with Gasteiger partial charge < -0.3 is 11.1 Å². The molecular formula is C3H6N4. The first-order chi connectivity index (χ1) is 3.33. The fourth-order valence-corrected chi connectivity index (χ4v) is 0. The third kappa shape index (κ3) is 630. The average molecular weight is 98.1 g/mol. The molecule has 0 aromatic heterocycles. The van der Waals surface area contributed by atoms with Crippen molar-refractivity contribution in [1.29, 1.82) is 0 Å². The van der Waals surface area contributed by atoms with E-state index < -0.39 is 0 Å². The SMILES string of the molecule is C=[N+]=[N-].CC=[N+]=[N-]. The maximum atomic E-state index is 7.44. The Bertz CT molecular complexity index is 93.5. The minimum Gasteiger partial charge on any atom is -0.362 e. The molecule has 0 rings (SSSR count). The highest BCUT2D eigenvalue weighted by molar-refractivity contribution is 5.45. The zero-order chi connectivity index (χ0) is 6.12. The minimum absolute atomic E-state index is 1.31. The standard InChI is InChI=1S/C2H4N2.CH2N2/c1-2-4-3;1-3-2/h2H,1H3;1H2. The van der Waals surface area contributed by atoms with Crippen LogP contribution in [-0.4, -0.2) is 22.5 Å². The Labute approximate surface area is 41.6 Å². The van der Waals surface area contributed by atoms with Crippen LogP contribution in [0.15, 0.2) is 0 Å². The number of nitrogens with zero attached hydrogens (tertiary/aromatic N) is 4. The van der Waals surface area contributed by atoms with Crippen LogP contribution in [0.2, 0.25) is 0 Å². The smallest absolute Gasteiger partial charge is 0.254 e. The van der Waals surface area contributed by atoms with E-state index in [1.54, 1.807) is 6.92 Å². The third-order valence-corrected chi connectivity index (χ3v) is 0.115. The van der Waals surface area contributed by atoms with Gasteiger partial charge in [-0.05, 0) is 0 Å². The molecule has 0 heterocycles.